The van der Waals surface area contributed by atoms with Gasteiger partial charge in [0.2, 0.25) is 0 Å². The molecule has 0 spiro atoms. The molecule has 244 valence electrons. The third kappa shape index (κ3) is 8.32. The largest absolute Gasteiger partial charge is 0.506 e. The van der Waals surface area contributed by atoms with Crippen LogP contribution in [0.5, 0.6) is 5.75 Å². The van der Waals surface area contributed by atoms with Gasteiger partial charge < -0.3 is 31.0 Å². The van der Waals surface area contributed by atoms with Gasteiger partial charge in [-0.3, -0.25) is 9.59 Å². The third-order valence-electron chi connectivity index (χ3n) is 7.97. The number of thiophene rings is 1. The summed E-state index contributed by atoms with van der Waals surface area (Å²) in [4.78, 5) is 38.0. The standard InChI is InChI=1S/C39H37N3O5S/c1-40-38-33(14-7-19-43)32(16-17-35(38)45)36(46)24-41-22-26-8-5-13-30(20-26)39(47)42-23-31-15-18-37(48-31)29-12-6-11-28(21-29)34(25-44)27-9-3-2-4-10-27/h2-21,25,34,36,40-41,45-46H,22-24H2,1H3,(H,42,47)/b14-7-/t34?,36-/m0/s1. The van der Waals surface area contributed by atoms with Gasteiger partial charge in [0.05, 0.1) is 24.3 Å². The van der Waals surface area contributed by atoms with Crippen LogP contribution in [-0.4, -0.2) is 42.3 Å². The van der Waals surface area contributed by atoms with Crippen LogP contribution in [0.15, 0.2) is 109 Å². The zero-order chi connectivity index (χ0) is 33.9. The number of allylic oxidation sites excluding steroid dienone is 1. The predicted octanol–water partition coefficient (Wildman–Crippen LogP) is 6.46. The smallest absolute Gasteiger partial charge is 0.251 e. The molecule has 0 fully saturated rings. The van der Waals surface area contributed by atoms with Crippen LogP contribution < -0.4 is 16.0 Å². The first kappa shape index (κ1) is 34.0. The van der Waals surface area contributed by atoms with Crippen LogP contribution in [0.2, 0.25) is 0 Å². The normalized spacial score (nSPS) is 12.4. The molecule has 1 amide bonds. The molecule has 5 rings (SSSR count). The van der Waals surface area contributed by atoms with Gasteiger partial charge in [0.15, 0.2) is 0 Å². The van der Waals surface area contributed by atoms with Crippen LogP contribution in [0.3, 0.4) is 0 Å². The first-order valence-electron chi connectivity index (χ1n) is 15.5. The number of carbonyl (C=O) groups excluding carboxylic acids is 3. The summed E-state index contributed by atoms with van der Waals surface area (Å²) >= 11 is 1.59. The fourth-order valence-corrected chi connectivity index (χ4v) is 6.51. The Balaban J connectivity index is 1.17. The maximum atomic E-state index is 13.1. The van der Waals surface area contributed by atoms with Gasteiger partial charge in [0, 0.05) is 41.0 Å². The number of aromatic hydroxyl groups is 1. The SMILES string of the molecule is CNc1c(O)ccc([C@@H](O)CNCc2cccc(C(=O)NCc3ccc(-c4cccc(C(C=O)c5ccccc5)c4)s3)c2)c1/C=C\C=O. The lowest BCUT2D eigenvalue weighted by Gasteiger charge is -2.18. The summed E-state index contributed by atoms with van der Waals surface area (Å²) in [6.07, 6.45) is 3.55. The number of anilines is 1. The van der Waals surface area contributed by atoms with Gasteiger partial charge in [-0.1, -0.05) is 66.7 Å². The number of phenols is 1. The van der Waals surface area contributed by atoms with E-state index in [2.05, 4.69) is 16.0 Å². The molecular weight excluding hydrogens is 623 g/mol. The van der Waals surface area contributed by atoms with Gasteiger partial charge in [0.1, 0.15) is 18.3 Å². The van der Waals surface area contributed by atoms with E-state index in [4.69, 9.17) is 0 Å². The highest BCUT2D eigenvalue weighted by molar-refractivity contribution is 7.15. The lowest BCUT2D eigenvalue weighted by atomic mass is 9.91. The molecule has 1 heterocycles. The van der Waals surface area contributed by atoms with Crippen LogP contribution in [0, 0.1) is 0 Å². The molecule has 8 nitrogen and oxygen atoms in total. The highest BCUT2D eigenvalue weighted by Gasteiger charge is 2.17. The minimum atomic E-state index is -0.913. The molecule has 5 N–H and O–H groups in total. The van der Waals surface area contributed by atoms with E-state index in [0.29, 0.717) is 41.8 Å². The third-order valence-corrected chi connectivity index (χ3v) is 9.11. The number of hydrogen-bond donors (Lipinski definition) is 5. The van der Waals surface area contributed by atoms with E-state index in [1.165, 1.54) is 12.1 Å². The van der Waals surface area contributed by atoms with Crippen molar-refractivity contribution in [2.75, 3.05) is 18.9 Å². The van der Waals surface area contributed by atoms with Crippen molar-refractivity contribution >= 4 is 41.6 Å². The maximum Gasteiger partial charge on any atom is 0.251 e. The maximum absolute atomic E-state index is 13.1. The number of amides is 1. The molecule has 5 aromatic rings. The van der Waals surface area contributed by atoms with Gasteiger partial charge in [0.25, 0.3) is 5.91 Å². The van der Waals surface area contributed by atoms with Crippen molar-refractivity contribution < 1.29 is 24.6 Å². The average molecular weight is 660 g/mol. The number of hydrogen-bond acceptors (Lipinski definition) is 8. The first-order valence-corrected chi connectivity index (χ1v) is 16.3. The van der Waals surface area contributed by atoms with E-state index in [-0.39, 0.29) is 24.1 Å². The molecule has 0 aliphatic rings. The molecule has 1 unspecified atom stereocenters. The highest BCUT2D eigenvalue weighted by Crippen LogP contribution is 2.34. The lowest BCUT2D eigenvalue weighted by molar-refractivity contribution is -0.108. The Bertz CT molecular complexity index is 1900. The summed E-state index contributed by atoms with van der Waals surface area (Å²) in [5.41, 5.74) is 5.80. The molecule has 0 radical (unpaired) electrons. The van der Waals surface area contributed by atoms with E-state index in [1.807, 2.05) is 84.9 Å². The van der Waals surface area contributed by atoms with Crippen LogP contribution in [0.1, 0.15) is 55.1 Å². The summed E-state index contributed by atoms with van der Waals surface area (Å²) in [5.74, 6) is -0.517. The van der Waals surface area contributed by atoms with Gasteiger partial charge in [-0.25, -0.2) is 0 Å². The molecule has 9 heteroatoms. The highest BCUT2D eigenvalue weighted by atomic mass is 32.1. The Hall–Kier alpha value is -5.35. The first-order chi connectivity index (χ1) is 23.4. The topological polar surface area (TPSA) is 128 Å². The van der Waals surface area contributed by atoms with Gasteiger partial charge in [-0.05, 0) is 76.4 Å². The number of benzene rings is 4. The van der Waals surface area contributed by atoms with Crippen molar-refractivity contribution in [1.29, 1.82) is 0 Å². The van der Waals surface area contributed by atoms with Crippen molar-refractivity contribution in [3.05, 3.63) is 147 Å². The molecule has 0 saturated heterocycles. The fraction of sp³-hybridized carbons (Fsp3) is 0.154. The second-order valence-electron chi connectivity index (χ2n) is 11.2. The monoisotopic (exact) mass is 659 g/mol. The molecule has 0 aliphatic heterocycles. The van der Waals surface area contributed by atoms with E-state index in [1.54, 1.807) is 36.6 Å². The van der Waals surface area contributed by atoms with Gasteiger partial charge in [-0.15, -0.1) is 11.3 Å². The van der Waals surface area contributed by atoms with Crippen LogP contribution in [-0.2, 0) is 22.7 Å². The Morgan fingerprint density at radius 3 is 2.44 bits per heavy atom. The summed E-state index contributed by atoms with van der Waals surface area (Å²) in [7, 11) is 1.65. The van der Waals surface area contributed by atoms with Gasteiger partial charge >= 0.3 is 0 Å². The number of aldehydes is 2. The van der Waals surface area contributed by atoms with Crippen molar-refractivity contribution in [2.45, 2.75) is 25.1 Å². The lowest BCUT2D eigenvalue weighted by Crippen LogP contribution is -2.23. The summed E-state index contributed by atoms with van der Waals surface area (Å²) < 4.78 is 0. The van der Waals surface area contributed by atoms with Crippen molar-refractivity contribution in [2.24, 2.45) is 0 Å². The Labute approximate surface area is 283 Å². The number of phenolic OH excluding ortho intramolecular Hbond substituents is 1. The average Bonchev–Trinajstić information content (AvgIpc) is 3.60. The molecular formula is C39H37N3O5S. The zero-order valence-electron chi connectivity index (χ0n) is 26.4. The number of nitrogens with one attached hydrogen (secondary N) is 3. The van der Waals surface area contributed by atoms with Crippen molar-refractivity contribution in [1.82, 2.24) is 10.6 Å². The number of aliphatic hydroxyl groups is 1. The second-order valence-corrected chi connectivity index (χ2v) is 12.3. The predicted molar refractivity (Wildman–Crippen MR) is 191 cm³/mol. The minimum Gasteiger partial charge on any atom is -0.506 e. The molecule has 4 aromatic carbocycles. The molecule has 0 aliphatic carbocycles. The van der Waals surface area contributed by atoms with E-state index in [9.17, 15) is 24.6 Å². The van der Waals surface area contributed by atoms with Gasteiger partial charge in [-0.2, -0.15) is 0 Å². The minimum absolute atomic E-state index is 0.0136. The quantitative estimate of drug-likeness (QED) is 0.0496. The number of carbonyl (C=O) groups is 3. The van der Waals surface area contributed by atoms with Crippen LogP contribution in [0.4, 0.5) is 5.69 Å². The van der Waals surface area contributed by atoms with Crippen LogP contribution in [0.25, 0.3) is 16.5 Å². The summed E-state index contributed by atoms with van der Waals surface area (Å²) in [6.45, 7) is 0.996. The van der Waals surface area contributed by atoms with Crippen LogP contribution >= 0.6 is 11.3 Å². The molecule has 0 bridgehead atoms. The Morgan fingerprint density at radius 2 is 1.67 bits per heavy atom. The molecule has 48 heavy (non-hydrogen) atoms. The van der Waals surface area contributed by atoms with E-state index >= 15 is 0 Å². The Morgan fingerprint density at radius 1 is 0.875 bits per heavy atom. The van der Waals surface area contributed by atoms with E-state index < -0.39 is 6.10 Å². The zero-order valence-corrected chi connectivity index (χ0v) is 27.2. The fourth-order valence-electron chi connectivity index (χ4n) is 5.57. The summed E-state index contributed by atoms with van der Waals surface area (Å²) in [5, 5.41) is 30.2. The molecule has 0 saturated carbocycles. The molecule has 2 atom stereocenters. The second kappa shape index (κ2) is 16.5. The van der Waals surface area contributed by atoms with Crippen molar-refractivity contribution in [3.63, 3.8) is 0 Å². The molecule has 1 aromatic heterocycles. The van der Waals surface area contributed by atoms with E-state index in [0.717, 1.165) is 38.3 Å². The number of aliphatic hydroxyl groups excluding tert-OH is 1. The number of rotatable bonds is 15. The summed E-state index contributed by atoms with van der Waals surface area (Å²) in [6, 6.07) is 32.2. The van der Waals surface area contributed by atoms with Crippen molar-refractivity contribution in [3.8, 4) is 16.2 Å². The Kier molecular flexibility index (Phi) is 11.7.